The van der Waals surface area contributed by atoms with Gasteiger partial charge in [-0.15, -0.1) is 0 Å². The summed E-state index contributed by atoms with van der Waals surface area (Å²) in [6.45, 7) is 3.58. The van der Waals surface area contributed by atoms with Crippen LogP contribution >= 0.6 is 0 Å². The lowest BCUT2D eigenvalue weighted by atomic mass is 9.86. The molecule has 1 aliphatic carbocycles. The van der Waals surface area contributed by atoms with E-state index in [1.807, 2.05) is 0 Å². The van der Waals surface area contributed by atoms with Crippen molar-refractivity contribution in [2.75, 3.05) is 0 Å². The SMILES string of the molecule is CCC(CCCCCC(=O)O)C(=O)OC(=O)C1(C(=O)OC(=O)C(CC)CCCCCC(=O)O)CCCC1. The molecule has 1 rings (SSSR count). The second kappa shape index (κ2) is 16.9. The molecule has 0 spiro atoms. The molecule has 37 heavy (non-hydrogen) atoms. The van der Waals surface area contributed by atoms with Crippen LogP contribution in [0.5, 0.6) is 0 Å². The van der Waals surface area contributed by atoms with Gasteiger partial charge < -0.3 is 19.7 Å². The van der Waals surface area contributed by atoms with E-state index in [4.69, 9.17) is 19.7 Å². The molecule has 2 N–H and O–H groups in total. The minimum absolute atomic E-state index is 0.0622. The third kappa shape index (κ3) is 11.0. The predicted octanol–water partition coefficient (Wildman–Crippen LogP) is 4.81. The summed E-state index contributed by atoms with van der Waals surface area (Å²) < 4.78 is 10.3. The molecular weight excluding hydrogens is 484 g/mol. The molecule has 0 amide bonds. The summed E-state index contributed by atoms with van der Waals surface area (Å²) >= 11 is 0. The maximum absolute atomic E-state index is 13.0. The van der Waals surface area contributed by atoms with Crippen molar-refractivity contribution in [3.63, 3.8) is 0 Å². The van der Waals surface area contributed by atoms with Gasteiger partial charge in [0.25, 0.3) is 0 Å². The van der Waals surface area contributed by atoms with Crippen LogP contribution in [0.25, 0.3) is 0 Å². The Morgan fingerprint density at radius 2 is 1.03 bits per heavy atom. The molecule has 2 unspecified atom stereocenters. The van der Waals surface area contributed by atoms with Gasteiger partial charge in [-0.3, -0.25) is 28.8 Å². The molecular formula is C27H42O10. The number of carbonyl (C=O) groups excluding carboxylic acids is 4. The first-order valence-electron chi connectivity index (χ1n) is 13.5. The number of carboxylic acids is 2. The molecule has 0 heterocycles. The van der Waals surface area contributed by atoms with Gasteiger partial charge in [-0.25, -0.2) is 0 Å². The van der Waals surface area contributed by atoms with Gasteiger partial charge in [0.15, 0.2) is 5.41 Å². The summed E-state index contributed by atoms with van der Waals surface area (Å²) in [5, 5.41) is 17.4. The lowest BCUT2D eigenvalue weighted by Gasteiger charge is -2.25. The highest BCUT2D eigenvalue weighted by molar-refractivity contribution is 6.06. The molecule has 0 aromatic heterocycles. The quantitative estimate of drug-likeness (QED) is 0.144. The summed E-state index contributed by atoms with van der Waals surface area (Å²) in [5.74, 6) is -6.22. The molecule has 1 fully saturated rings. The van der Waals surface area contributed by atoms with E-state index in [0.29, 0.717) is 77.0 Å². The number of carboxylic acid groups (broad SMARTS) is 2. The van der Waals surface area contributed by atoms with Gasteiger partial charge in [0, 0.05) is 12.8 Å². The Labute approximate surface area is 218 Å². The monoisotopic (exact) mass is 526 g/mol. The van der Waals surface area contributed by atoms with Crippen molar-refractivity contribution in [2.24, 2.45) is 17.3 Å². The van der Waals surface area contributed by atoms with Gasteiger partial charge in [-0.2, -0.15) is 0 Å². The van der Waals surface area contributed by atoms with E-state index in [2.05, 4.69) is 0 Å². The molecule has 1 saturated carbocycles. The average Bonchev–Trinajstić information content (AvgIpc) is 3.34. The smallest absolute Gasteiger partial charge is 0.331 e. The second-order valence-corrected chi connectivity index (χ2v) is 9.90. The van der Waals surface area contributed by atoms with E-state index in [-0.39, 0.29) is 25.7 Å². The highest BCUT2D eigenvalue weighted by Gasteiger charge is 2.52. The van der Waals surface area contributed by atoms with Crippen molar-refractivity contribution in [2.45, 2.75) is 117 Å². The molecule has 1 aliphatic rings. The normalized spacial score (nSPS) is 15.9. The third-order valence-electron chi connectivity index (χ3n) is 7.16. The summed E-state index contributed by atoms with van der Waals surface area (Å²) in [6, 6.07) is 0. The first-order valence-corrected chi connectivity index (χ1v) is 13.5. The van der Waals surface area contributed by atoms with Crippen LogP contribution < -0.4 is 0 Å². The number of aliphatic carboxylic acids is 2. The van der Waals surface area contributed by atoms with Crippen molar-refractivity contribution in [1.29, 1.82) is 0 Å². The number of carbonyl (C=O) groups is 6. The lowest BCUT2D eigenvalue weighted by Crippen LogP contribution is -2.42. The topological polar surface area (TPSA) is 161 Å². The summed E-state index contributed by atoms with van der Waals surface area (Å²) in [6.07, 6.45) is 6.82. The van der Waals surface area contributed by atoms with Crippen LogP contribution in [0, 0.1) is 17.3 Å². The lowest BCUT2D eigenvalue weighted by molar-refractivity contribution is -0.181. The minimum atomic E-state index is -1.68. The van der Waals surface area contributed by atoms with E-state index < -0.39 is 53.1 Å². The standard InChI is InChI=1S/C27H42O10/c1-3-19(13-7-5-9-15-21(28)29)23(32)36-25(34)27(17-11-12-18-27)26(35)37-24(33)20(4-2)14-8-6-10-16-22(30)31/h19-20H,3-18H2,1-2H3,(H,28,29)(H,30,31). The van der Waals surface area contributed by atoms with Crippen LogP contribution in [-0.4, -0.2) is 46.0 Å². The van der Waals surface area contributed by atoms with Crippen molar-refractivity contribution < 1.29 is 48.5 Å². The van der Waals surface area contributed by atoms with Gasteiger partial charge in [0.1, 0.15) is 0 Å². The molecule has 10 heteroatoms. The van der Waals surface area contributed by atoms with Crippen molar-refractivity contribution in [1.82, 2.24) is 0 Å². The Morgan fingerprint density at radius 3 is 1.35 bits per heavy atom. The zero-order valence-electron chi connectivity index (χ0n) is 22.1. The molecule has 0 saturated heterocycles. The highest BCUT2D eigenvalue weighted by atomic mass is 16.6. The second-order valence-electron chi connectivity index (χ2n) is 9.90. The van der Waals surface area contributed by atoms with Crippen LogP contribution in [0.15, 0.2) is 0 Å². The fourth-order valence-corrected chi connectivity index (χ4v) is 4.68. The zero-order valence-corrected chi connectivity index (χ0v) is 22.1. The molecule has 0 radical (unpaired) electrons. The number of esters is 4. The van der Waals surface area contributed by atoms with E-state index in [1.165, 1.54) is 0 Å². The van der Waals surface area contributed by atoms with Crippen molar-refractivity contribution in [3.05, 3.63) is 0 Å². The molecule has 0 bridgehead atoms. The number of hydrogen-bond donors (Lipinski definition) is 2. The fourth-order valence-electron chi connectivity index (χ4n) is 4.68. The molecule has 210 valence electrons. The van der Waals surface area contributed by atoms with Gasteiger partial charge in [-0.05, 0) is 51.4 Å². The summed E-state index contributed by atoms with van der Waals surface area (Å²) in [7, 11) is 0. The summed E-state index contributed by atoms with van der Waals surface area (Å²) in [5.41, 5.74) is -1.68. The van der Waals surface area contributed by atoms with Crippen LogP contribution in [-0.2, 0) is 38.2 Å². The number of hydrogen-bond acceptors (Lipinski definition) is 8. The fraction of sp³-hybridized carbons (Fsp3) is 0.778. The molecule has 0 aromatic rings. The maximum atomic E-state index is 13.0. The first kappa shape index (κ1) is 32.2. The number of ether oxygens (including phenoxy) is 2. The Balaban J connectivity index is 2.69. The van der Waals surface area contributed by atoms with Crippen LogP contribution in [0.2, 0.25) is 0 Å². The van der Waals surface area contributed by atoms with E-state index in [0.717, 1.165) is 0 Å². The van der Waals surface area contributed by atoms with E-state index in [1.54, 1.807) is 13.8 Å². The maximum Gasteiger partial charge on any atom is 0.331 e. The van der Waals surface area contributed by atoms with Crippen LogP contribution in [0.4, 0.5) is 0 Å². The Bertz CT molecular complexity index is 737. The van der Waals surface area contributed by atoms with Crippen molar-refractivity contribution >= 4 is 35.8 Å². The summed E-state index contributed by atoms with van der Waals surface area (Å²) in [4.78, 5) is 72.7. The molecule has 0 aliphatic heterocycles. The Hall–Kier alpha value is -2.78. The van der Waals surface area contributed by atoms with E-state index >= 15 is 0 Å². The number of unbranched alkanes of at least 4 members (excludes halogenated alkanes) is 4. The molecule has 2 atom stereocenters. The Kier molecular flexibility index (Phi) is 14.7. The van der Waals surface area contributed by atoms with Crippen LogP contribution in [0.3, 0.4) is 0 Å². The minimum Gasteiger partial charge on any atom is -0.481 e. The molecule has 0 aromatic carbocycles. The average molecular weight is 527 g/mol. The van der Waals surface area contributed by atoms with E-state index in [9.17, 15) is 28.8 Å². The van der Waals surface area contributed by atoms with Gasteiger partial charge in [-0.1, -0.05) is 52.4 Å². The van der Waals surface area contributed by atoms with Crippen molar-refractivity contribution in [3.8, 4) is 0 Å². The Morgan fingerprint density at radius 1 is 0.649 bits per heavy atom. The third-order valence-corrected chi connectivity index (χ3v) is 7.16. The van der Waals surface area contributed by atoms with Gasteiger partial charge >= 0.3 is 35.8 Å². The van der Waals surface area contributed by atoms with Gasteiger partial charge in [0.05, 0.1) is 11.8 Å². The molecule has 10 nitrogen and oxygen atoms in total. The first-order chi connectivity index (χ1) is 17.6. The van der Waals surface area contributed by atoms with Gasteiger partial charge in [0.2, 0.25) is 0 Å². The predicted molar refractivity (Wildman–Crippen MR) is 132 cm³/mol. The highest BCUT2D eigenvalue weighted by Crippen LogP contribution is 2.41. The largest absolute Gasteiger partial charge is 0.481 e. The van der Waals surface area contributed by atoms with Crippen LogP contribution in [0.1, 0.15) is 117 Å². The number of rotatable bonds is 18. The zero-order chi connectivity index (χ0) is 27.8.